The molecule has 5 nitrogen and oxygen atoms in total. The van der Waals surface area contributed by atoms with Crippen LogP contribution in [0.2, 0.25) is 0 Å². The van der Waals surface area contributed by atoms with E-state index in [2.05, 4.69) is 10.6 Å². The molecular weight excluding hydrogens is 275 g/mol. The standard InChI is InChI=1S/C12H12F3N3O2/c13-7-1-2-8(12(15)11(7)14)17-5-10(20)18-4-3-16-9(19)6-18/h1-2,17H,3-6H2,(H,16,19). The summed E-state index contributed by atoms with van der Waals surface area (Å²) in [6.07, 6.45) is 0. The number of rotatable bonds is 3. The molecule has 1 aliphatic heterocycles. The van der Waals surface area contributed by atoms with Crippen LogP contribution in [-0.4, -0.2) is 42.9 Å². The van der Waals surface area contributed by atoms with Crippen LogP contribution in [0.4, 0.5) is 18.9 Å². The second-order valence-corrected chi connectivity index (χ2v) is 4.24. The summed E-state index contributed by atoms with van der Waals surface area (Å²) in [6.45, 7) is 0.326. The molecule has 0 unspecified atom stereocenters. The van der Waals surface area contributed by atoms with Gasteiger partial charge in [-0.1, -0.05) is 0 Å². The average Bonchev–Trinajstić information content (AvgIpc) is 2.44. The highest BCUT2D eigenvalue weighted by atomic mass is 19.2. The average molecular weight is 287 g/mol. The zero-order chi connectivity index (χ0) is 14.7. The monoisotopic (exact) mass is 287 g/mol. The maximum atomic E-state index is 13.4. The van der Waals surface area contributed by atoms with Crippen molar-refractivity contribution >= 4 is 17.5 Å². The second kappa shape index (κ2) is 5.81. The quantitative estimate of drug-likeness (QED) is 0.795. The van der Waals surface area contributed by atoms with Gasteiger partial charge in [0.1, 0.15) is 0 Å². The van der Waals surface area contributed by atoms with E-state index >= 15 is 0 Å². The molecule has 1 aliphatic rings. The minimum absolute atomic E-state index is 0.0687. The van der Waals surface area contributed by atoms with Gasteiger partial charge in [0, 0.05) is 13.1 Å². The number of halogens is 3. The van der Waals surface area contributed by atoms with Crippen LogP contribution in [0.25, 0.3) is 0 Å². The van der Waals surface area contributed by atoms with Gasteiger partial charge in [-0.2, -0.15) is 0 Å². The Hall–Kier alpha value is -2.25. The normalized spacial score (nSPS) is 14.9. The Kier molecular flexibility index (Phi) is 4.11. The zero-order valence-corrected chi connectivity index (χ0v) is 10.4. The Labute approximate surface area is 112 Å². The Balaban J connectivity index is 1.97. The fraction of sp³-hybridized carbons (Fsp3) is 0.333. The highest BCUT2D eigenvalue weighted by Gasteiger charge is 2.21. The molecule has 0 radical (unpaired) electrons. The van der Waals surface area contributed by atoms with Gasteiger partial charge in [0.2, 0.25) is 11.8 Å². The number of piperazine rings is 1. The number of nitrogens with zero attached hydrogens (tertiary/aromatic N) is 1. The molecule has 1 aromatic carbocycles. The van der Waals surface area contributed by atoms with Crippen LogP contribution in [0.3, 0.4) is 0 Å². The minimum Gasteiger partial charge on any atom is -0.374 e. The number of anilines is 1. The van der Waals surface area contributed by atoms with Gasteiger partial charge in [0.05, 0.1) is 18.8 Å². The third kappa shape index (κ3) is 3.01. The Morgan fingerprint density at radius 3 is 2.75 bits per heavy atom. The second-order valence-electron chi connectivity index (χ2n) is 4.24. The van der Waals surface area contributed by atoms with Crippen LogP contribution in [0.15, 0.2) is 12.1 Å². The first-order chi connectivity index (χ1) is 9.49. The highest BCUT2D eigenvalue weighted by Crippen LogP contribution is 2.19. The molecule has 0 aliphatic carbocycles. The Bertz CT molecular complexity index is 551. The molecular formula is C12H12F3N3O2. The SMILES string of the molecule is O=C1CN(C(=O)CNc2ccc(F)c(F)c2F)CCN1. The van der Waals surface area contributed by atoms with Crippen molar-refractivity contribution in [2.24, 2.45) is 0 Å². The summed E-state index contributed by atoms with van der Waals surface area (Å²) >= 11 is 0. The molecule has 1 saturated heterocycles. The minimum atomic E-state index is -1.60. The van der Waals surface area contributed by atoms with E-state index in [1.165, 1.54) is 4.90 Å². The van der Waals surface area contributed by atoms with Crippen molar-refractivity contribution in [2.75, 3.05) is 31.5 Å². The fourth-order valence-corrected chi connectivity index (χ4v) is 1.80. The lowest BCUT2D eigenvalue weighted by atomic mass is 10.2. The molecule has 1 fully saturated rings. The van der Waals surface area contributed by atoms with E-state index in [1.807, 2.05) is 0 Å². The van der Waals surface area contributed by atoms with E-state index in [9.17, 15) is 22.8 Å². The van der Waals surface area contributed by atoms with Gasteiger partial charge in [0.15, 0.2) is 17.5 Å². The molecule has 2 rings (SSSR count). The first-order valence-corrected chi connectivity index (χ1v) is 5.91. The van der Waals surface area contributed by atoms with Crippen LogP contribution >= 0.6 is 0 Å². The number of amides is 2. The highest BCUT2D eigenvalue weighted by molar-refractivity contribution is 5.87. The van der Waals surface area contributed by atoms with Crippen LogP contribution in [0, 0.1) is 17.5 Å². The summed E-state index contributed by atoms with van der Waals surface area (Å²) in [5.41, 5.74) is -0.307. The van der Waals surface area contributed by atoms with Gasteiger partial charge in [0.25, 0.3) is 0 Å². The summed E-state index contributed by atoms with van der Waals surface area (Å²) in [5.74, 6) is -4.98. The zero-order valence-electron chi connectivity index (χ0n) is 10.4. The molecule has 0 spiro atoms. The Morgan fingerprint density at radius 2 is 2.05 bits per heavy atom. The van der Waals surface area contributed by atoms with Crippen molar-refractivity contribution in [1.29, 1.82) is 0 Å². The van der Waals surface area contributed by atoms with Crippen molar-refractivity contribution in [2.45, 2.75) is 0 Å². The van der Waals surface area contributed by atoms with Crippen molar-refractivity contribution in [1.82, 2.24) is 10.2 Å². The van der Waals surface area contributed by atoms with E-state index < -0.39 is 23.4 Å². The smallest absolute Gasteiger partial charge is 0.242 e. The van der Waals surface area contributed by atoms with Crippen LogP contribution in [0.1, 0.15) is 0 Å². The van der Waals surface area contributed by atoms with Gasteiger partial charge in [-0.15, -0.1) is 0 Å². The van der Waals surface area contributed by atoms with E-state index in [0.717, 1.165) is 12.1 Å². The molecule has 108 valence electrons. The topological polar surface area (TPSA) is 61.4 Å². The third-order valence-corrected chi connectivity index (χ3v) is 2.86. The molecule has 0 atom stereocenters. The maximum Gasteiger partial charge on any atom is 0.242 e. The molecule has 1 aromatic rings. The number of nitrogens with one attached hydrogen (secondary N) is 2. The molecule has 2 N–H and O–H groups in total. The molecule has 0 saturated carbocycles. The summed E-state index contributed by atoms with van der Waals surface area (Å²) in [6, 6.07) is 1.77. The van der Waals surface area contributed by atoms with Gasteiger partial charge in [-0.25, -0.2) is 13.2 Å². The van der Waals surface area contributed by atoms with E-state index in [-0.39, 0.29) is 24.7 Å². The predicted molar refractivity (Wildman–Crippen MR) is 64.4 cm³/mol. The largest absolute Gasteiger partial charge is 0.374 e. The summed E-state index contributed by atoms with van der Waals surface area (Å²) in [7, 11) is 0. The van der Waals surface area contributed by atoms with Gasteiger partial charge < -0.3 is 15.5 Å². The molecule has 20 heavy (non-hydrogen) atoms. The number of hydrogen-bond acceptors (Lipinski definition) is 3. The van der Waals surface area contributed by atoms with Gasteiger partial charge in [-0.3, -0.25) is 9.59 Å². The molecule has 8 heteroatoms. The molecule has 1 heterocycles. The lowest BCUT2D eigenvalue weighted by Gasteiger charge is -2.26. The maximum absolute atomic E-state index is 13.4. The molecule has 0 aromatic heterocycles. The summed E-state index contributed by atoms with van der Waals surface area (Å²) in [4.78, 5) is 24.2. The van der Waals surface area contributed by atoms with Crippen LogP contribution < -0.4 is 10.6 Å². The summed E-state index contributed by atoms with van der Waals surface area (Å²) < 4.78 is 39.1. The van der Waals surface area contributed by atoms with Crippen molar-refractivity contribution < 1.29 is 22.8 Å². The molecule has 2 amide bonds. The fourth-order valence-electron chi connectivity index (χ4n) is 1.80. The molecule has 0 bridgehead atoms. The number of benzene rings is 1. The lowest BCUT2D eigenvalue weighted by Crippen LogP contribution is -2.51. The van der Waals surface area contributed by atoms with Gasteiger partial charge >= 0.3 is 0 Å². The number of hydrogen-bond donors (Lipinski definition) is 2. The number of carbonyl (C=O) groups excluding carboxylic acids is 2. The summed E-state index contributed by atoms with van der Waals surface area (Å²) in [5, 5.41) is 4.95. The van der Waals surface area contributed by atoms with E-state index in [1.54, 1.807) is 0 Å². The van der Waals surface area contributed by atoms with Crippen molar-refractivity contribution in [3.8, 4) is 0 Å². The predicted octanol–water partition coefficient (Wildman–Crippen LogP) is 0.474. The number of carbonyl (C=O) groups is 2. The first-order valence-electron chi connectivity index (χ1n) is 5.91. The van der Waals surface area contributed by atoms with E-state index in [4.69, 9.17) is 0 Å². The lowest BCUT2D eigenvalue weighted by molar-refractivity contribution is -0.136. The van der Waals surface area contributed by atoms with Gasteiger partial charge in [-0.05, 0) is 12.1 Å². The Morgan fingerprint density at radius 1 is 1.30 bits per heavy atom. The van der Waals surface area contributed by atoms with Crippen LogP contribution in [-0.2, 0) is 9.59 Å². The third-order valence-electron chi connectivity index (χ3n) is 2.86. The van der Waals surface area contributed by atoms with E-state index in [0.29, 0.717) is 13.1 Å². The van der Waals surface area contributed by atoms with Crippen LogP contribution in [0.5, 0.6) is 0 Å². The van der Waals surface area contributed by atoms with Crippen molar-refractivity contribution in [3.63, 3.8) is 0 Å². The first kappa shape index (κ1) is 14.2. The van der Waals surface area contributed by atoms with Crippen molar-refractivity contribution in [3.05, 3.63) is 29.6 Å².